The van der Waals surface area contributed by atoms with Gasteiger partial charge in [0.2, 0.25) is 0 Å². The second kappa shape index (κ2) is 4.03. The van der Waals surface area contributed by atoms with E-state index in [0.29, 0.717) is 5.69 Å². The summed E-state index contributed by atoms with van der Waals surface area (Å²) in [4.78, 5) is 15.3. The number of ether oxygens (including phenoxy) is 1. The largest absolute Gasteiger partial charge is 0.464 e. The minimum Gasteiger partial charge on any atom is -0.464 e. The van der Waals surface area contributed by atoms with Crippen LogP contribution in [0, 0.1) is 6.92 Å². The molecule has 1 heterocycles. The van der Waals surface area contributed by atoms with Crippen LogP contribution in [0.2, 0.25) is 0 Å². The third-order valence-corrected chi connectivity index (χ3v) is 1.78. The van der Waals surface area contributed by atoms with Gasteiger partial charge in [0.25, 0.3) is 0 Å². The predicted octanol–water partition coefficient (Wildman–Crippen LogP) is 1.74. The Hall–Kier alpha value is -1.38. The Bertz CT molecular complexity index is 321. The van der Waals surface area contributed by atoms with Crippen molar-refractivity contribution in [3.8, 4) is 0 Å². The molecule has 13 heavy (non-hydrogen) atoms. The van der Waals surface area contributed by atoms with Crippen LogP contribution in [0.3, 0.4) is 0 Å². The van der Waals surface area contributed by atoms with Crippen LogP contribution in [0.25, 0.3) is 0 Å². The van der Waals surface area contributed by atoms with E-state index in [1.54, 1.807) is 6.07 Å². The van der Waals surface area contributed by atoms with Gasteiger partial charge < -0.3 is 4.74 Å². The van der Waals surface area contributed by atoms with Gasteiger partial charge in [-0.3, -0.25) is 0 Å². The lowest BCUT2D eigenvalue weighted by molar-refractivity contribution is 0.0593. The Balaban J connectivity index is 3.08. The van der Waals surface area contributed by atoms with Gasteiger partial charge in [-0.15, -0.1) is 0 Å². The van der Waals surface area contributed by atoms with Crippen molar-refractivity contribution in [1.82, 2.24) is 4.98 Å². The van der Waals surface area contributed by atoms with Crippen LogP contribution in [0.15, 0.2) is 12.1 Å². The lowest BCUT2D eigenvalue weighted by Gasteiger charge is -2.02. The molecule has 3 nitrogen and oxygen atoms in total. The van der Waals surface area contributed by atoms with E-state index in [4.69, 9.17) is 0 Å². The molecule has 1 rings (SSSR count). The molecule has 70 valence electrons. The molecule has 0 saturated carbocycles. The molecule has 0 aliphatic heterocycles. The third-order valence-electron chi connectivity index (χ3n) is 1.78. The van der Waals surface area contributed by atoms with Crippen LogP contribution >= 0.6 is 0 Å². The van der Waals surface area contributed by atoms with Crippen molar-refractivity contribution >= 4 is 5.97 Å². The van der Waals surface area contributed by atoms with Crippen molar-refractivity contribution in [3.63, 3.8) is 0 Å². The molecule has 0 radical (unpaired) electrons. The van der Waals surface area contributed by atoms with Crippen LogP contribution in [-0.4, -0.2) is 18.1 Å². The standard InChI is InChI=1S/C10H13NO2/c1-4-8-5-7(2)6-9(11-8)10(12)13-3/h5-6H,4H2,1-3H3. The smallest absolute Gasteiger partial charge is 0.356 e. The summed E-state index contributed by atoms with van der Waals surface area (Å²) in [7, 11) is 1.36. The van der Waals surface area contributed by atoms with E-state index in [9.17, 15) is 4.79 Å². The fraction of sp³-hybridized carbons (Fsp3) is 0.400. The highest BCUT2D eigenvalue weighted by molar-refractivity contribution is 5.87. The molecule has 0 fully saturated rings. The van der Waals surface area contributed by atoms with Gasteiger partial charge in [-0.2, -0.15) is 0 Å². The SMILES string of the molecule is CCc1cc(C)cc(C(=O)OC)n1. The Morgan fingerprint density at radius 3 is 2.77 bits per heavy atom. The number of carbonyl (C=O) groups is 1. The number of carbonyl (C=O) groups excluding carboxylic acids is 1. The van der Waals surface area contributed by atoms with Gasteiger partial charge >= 0.3 is 5.97 Å². The van der Waals surface area contributed by atoms with Crippen LogP contribution in [0.5, 0.6) is 0 Å². The van der Waals surface area contributed by atoms with Gasteiger partial charge in [-0.25, -0.2) is 9.78 Å². The van der Waals surface area contributed by atoms with Crippen molar-refractivity contribution in [3.05, 3.63) is 29.1 Å². The Morgan fingerprint density at radius 2 is 2.23 bits per heavy atom. The maximum atomic E-state index is 11.1. The van der Waals surface area contributed by atoms with Gasteiger partial charge in [0.1, 0.15) is 5.69 Å². The number of methoxy groups -OCH3 is 1. The van der Waals surface area contributed by atoms with E-state index in [1.807, 2.05) is 19.9 Å². The second-order valence-corrected chi connectivity index (χ2v) is 2.87. The monoisotopic (exact) mass is 179 g/mol. The minimum atomic E-state index is -0.376. The number of hydrogen-bond acceptors (Lipinski definition) is 3. The van der Waals surface area contributed by atoms with Crippen LogP contribution in [0.4, 0.5) is 0 Å². The lowest BCUT2D eigenvalue weighted by atomic mass is 10.2. The Kier molecular flexibility index (Phi) is 3.01. The van der Waals surface area contributed by atoms with E-state index < -0.39 is 0 Å². The van der Waals surface area contributed by atoms with E-state index in [2.05, 4.69) is 9.72 Å². The average Bonchev–Trinajstić information content (AvgIpc) is 2.15. The molecule has 1 aromatic rings. The van der Waals surface area contributed by atoms with Gasteiger partial charge in [0.15, 0.2) is 0 Å². The van der Waals surface area contributed by atoms with Crippen LogP contribution in [0.1, 0.15) is 28.7 Å². The summed E-state index contributed by atoms with van der Waals surface area (Å²) < 4.78 is 4.59. The molecule has 0 aliphatic rings. The number of aryl methyl sites for hydroxylation is 2. The highest BCUT2D eigenvalue weighted by Gasteiger charge is 2.08. The summed E-state index contributed by atoms with van der Waals surface area (Å²) in [5.74, 6) is -0.376. The maximum Gasteiger partial charge on any atom is 0.356 e. The first kappa shape index (κ1) is 9.71. The minimum absolute atomic E-state index is 0.376. The van der Waals surface area contributed by atoms with E-state index >= 15 is 0 Å². The fourth-order valence-electron chi connectivity index (χ4n) is 1.13. The molecular weight excluding hydrogens is 166 g/mol. The van der Waals surface area contributed by atoms with Crippen molar-refractivity contribution in [1.29, 1.82) is 0 Å². The van der Waals surface area contributed by atoms with E-state index in [1.165, 1.54) is 7.11 Å². The highest BCUT2D eigenvalue weighted by Crippen LogP contribution is 2.06. The molecule has 0 aromatic carbocycles. The molecule has 0 bridgehead atoms. The molecule has 0 N–H and O–H groups in total. The summed E-state index contributed by atoms with van der Waals surface area (Å²) in [5, 5.41) is 0. The molecule has 0 spiro atoms. The molecule has 0 atom stereocenters. The lowest BCUT2D eigenvalue weighted by Crippen LogP contribution is -2.06. The normalized spacial score (nSPS) is 9.77. The zero-order chi connectivity index (χ0) is 9.84. The van der Waals surface area contributed by atoms with Crippen molar-refractivity contribution in [2.75, 3.05) is 7.11 Å². The predicted molar refractivity (Wildman–Crippen MR) is 49.7 cm³/mol. The maximum absolute atomic E-state index is 11.1. The average molecular weight is 179 g/mol. The number of pyridine rings is 1. The molecule has 3 heteroatoms. The first-order chi connectivity index (χ1) is 6.17. The van der Waals surface area contributed by atoms with Gasteiger partial charge in [-0.05, 0) is 31.0 Å². The molecular formula is C10H13NO2. The second-order valence-electron chi connectivity index (χ2n) is 2.87. The van der Waals surface area contributed by atoms with E-state index in [-0.39, 0.29) is 5.97 Å². The zero-order valence-electron chi connectivity index (χ0n) is 8.13. The Morgan fingerprint density at radius 1 is 1.54 bits per heavy atom. The Labute approximate surface area is 77.8 Å². The summed E-state index contributed by atoms with van der Waals surface area (Å²) in [6.45, 7) is 3.94. The van der Waals surface area contributed by atoms with E-state index in [0.717, 1.165) is 17.7 Å². The summed E-state index contributed by atoms with van der Waals surface area (Å²) in [6, 6.07) is 3.69. The highest BCUT2D eigenvalue weighted by atomic mass is 16.5. The summed E-state index contributed by atoms with van der Waals surface area (Å²) in [6.07, 6.45) is 0.825. The number of rotatable bonds is 2. The molecule has 0 saturated heterocycles. The van der Waals surface area contributed by atoms with Crippen molar-refractivity contribution < 1.29 is 9.53 Å². The number of nitrogens with zero attached hydrogens (tertiary/aromatic N) is 1. The fourth-order valence-corrected chi connectivity index (χ4v) is 1.13. The van der Waals surface area contributed by atoms with Gasteiger partial charge in [-0.1, -0.05) is 6.92 Å². The molecule has 0 unspecified atom stereocenters. The molecule has 0 aliphatic carbocycles. The first-order valence-electron chi connectivity index (χ1n) is 4.23. The topological polar surface area (TPSA) is 39.2 Å². The molecule has 1 aromatic heterocycles. The number of aromatic nitrogens is 1. The van der Waals surface area contributed by atoms with Gasteiger partial charge in [0.05, 0.1) is 7.11 Å². The van der Waals surface area contributed by atoms with Crippen molar-refractivity contribution in [2.24, 2.45) is 0 Å². The van der Waals surface area contributed by atoms with Crippen LogP contribution in [-0.2, 0) is 11.2 Å². The van der Waals surface area contributed by atoms with Crippen molar-refractivity contribution in [2.45, 2.75) is 20.3 Å². The summed E-state index contributed by atoms with van der Waals surface area (Å²) >= 11 is 0. The number of esters is 1. The quantitative estimate of drug-likeness (QED) is 0.649. The number of hydrogen-bond donors (Lipinski definition) is 0. The van der Waals surface area contributed by atoms with Gasteiger partial charge in [0, 0.05) is 5.69 Å². The third kappa shape index (κ3) is 2.28. The van der Waals surface area contributed by atoms with Crippen LogP contribution < -0.4 is 0 Å². The zero-order valence-corrected chi connectivity index (χ0v) is 8.13. The summed E-state index contributed by atoms with van der Waals surface area (Å²) in [5.41, 5.74) is 2.34. The first-order valence-corrected chi connectivity index (χ1v) is 4.23. The molecule has 0 amide bonds.